The van der Waals surface area contributed by atoms with Crippen molar-refractivity contribution in [2.75, 3.05) is 13.7 Å². The largest absolute Gasteiger partial charge is 0.467 e. The number of esters is 1. The first-order valence-electron chi connectivity index (χ1n) is 6.41. The maximum Gasteiger partial charge on any atom is 0.328 e. The molecule has 0 heterocycles. The van der Waals surface area contributed by atoms with E-state index in [9.17, 15) is 9.59 Å². The minimum Gasteiger partial charge on any atom is -0.467 e. The molecule has 0 saturated carbocycles. The van der Waals surface area contributed by atoms with Gasteiger partial charge in [0.15, 0.2) is 0 Å². The number of nitrogens with two attached hydrogens (primary N) is 1. The van der Waals surface area contributed by atoms with Crippen molar-refractivity contribution >= 4 is 11.9 Å². The molecule has 2 atom stereocenters. The summed E-state index contributed by atoms with van der Waals surface area (Å²) in [4.78, 5) is 23.6. The average Bonchev–Trinajstić information content (AvgIpc) is 2.30. The van der Waals surface area contributed by atoms with Gasteiger partial charge in [0.05, 0.1) is 13.0 Å². The summed E-state index contributed by atoms with van der Waals surface area (Å²) in [5.74, 6) is -0.469. The summed E-state index contributed by atoms with van der Waals surface area (Å²) in [6.45, 7) is 8.09. The van der Waals surface area contributed by atoms with Crippen LogP contribution in [0.1, 0.15) is 34.1 Å². The molecular formula is C13H26N2O3. The van der Waals surface area contributed by atoms with Gasteiger partial charge >= 0.3 is 5.97 Å². The molecule has 0 aliphatic rings. The second kappa shape index (κ2) is 8.08. The van der Waals surface area contributed by atoms with Crippen LogP contribution in [-0.2, 0) is 14.3 Å². The zero-order chi connectivity index (χ0) is 14.3. The van der Waals surface area contributed by atoms with Gasteiger partial charge in [-0.2, -0.15) is 0 Å². The molecule has 5 heteroatoms. The topological polar surface area (TPSA) is 81.4 Å². The van der Waals surface area contributed by atoms with Crippen LogP contribution in [0.3, 0.4) is 0 Å². The Morgan fingerprint density at radius 3 is 2.11 bits per heavy atom. The van der Waals surface area contributed by atoms with Crippen molar-refractivity contribution in [3.63, 3.8) is 0 Å². The fourth-order valence-corrected chi connectivity index (χ4v) is 1.78. The number of hydrogen-bond donors (Lipinski definition) is 2. The third-order valence-electron chi connectivity index (χ3n) is 2.83. The second-order valence-corrected chi connectivity index (χ2v) is 5.32. The van der Waals surface area contributed by atoms with Crippen molar-refractivity contribution in [2.45, 2.75) is 40.2 Å². The highest BCUT2D eigenvalue weighted by Gasteiger charge is 2.28. The van der Waals surface area contributed by atoms with Gasteiger partial charge < -0.3 is 15.8 Å². The Morgan fingerprint density at radius 2 is 1.78 bits per heavy atom. The molecule has 106 valence electrons. The zero-order valence-electron chi connectivity index (χ0n) is 12.0. The quantitative estimate of drug-likeness (QED) is 0.665. The maximum atomic E-state index is 12.0. The van der Waals surface area contributed by atoms with Crippen molar-refractivity contribution < 1.29 is 14.3 Å². The van der Waals surface area contributed by atoms with Crippen LogP contribution in [0.15, 0.2) is 0 Å². The molecule has 18 heavy (non-hydrogen) atoms. The van der Waals surface area contributed by atoms with E-state index in [1.807, 2.05) is 27.7 Å². The lowest BCUT2D eigenvalue weighted by Crippen LogP contribution is -2.48. The number of nitrogens with one attached hydrogen (secondary N) is 1. The summed E-state index contributed by atoms with van der Waals surface area (Å²) in [7, 11) is 1.32. The third-order valence-corrected chi connectivity index (χ3v) is 2.83. The van der Waals surface area contributed by atoms with Crippen LogP contribution < -0.4 is 11.1 Å². The van der Waals surface area contributed by atoms with E-state index in [0.717, 1.165) is 0 Å². The zero-order valence-corrected chi connectivity index (χ0v) is 12.0. The first-order valence-corrected chi connectivity index (χ1v) is 6.41. The highest BCUT2D eigenvalue weighted by atomic mass is 16.5. The standard InChI is InChI=1S/C13H26N2O3/c1-8(2)6-10(7-14)12(16)15-11(9(3)4)13(17)18-5/h8-11H,6-7,14H2,1-5H3,(H,15,16). The van der Waals surface area contributed by atoms with Gasteiger partial charge in [-0.25, -0.2) is 4.79 Å². The lowest BCUT2D eigenvalue weighted by atomic mass is 9.95. The van der Waals surface area contributed by atoms with Gasteiger partial charge in [-0.15, -0.1) is 0 Å². The second-order valence-electron chi connectivity index (χ2n) is 5.32. The number of carbonyl (C=O) groups is 2. The molecule has 0 aliphatic carbocycles. The van der Waals surface area contributed by atoms with Crippen LogP contribution >= 0.6 is 0 Å². The first-order chi connectivity index (χ1) is 8.33. The van der Waals surface area contributed by atoms with Gasteiger partial charge in [0.2, 0.25) is 5.91 Å². The normalized spacial score (nSPS) is 14.4. The Hall–Kier alpha value is -1.10. The molecule has 1 amide bonds. The molecule has 0 spiro atoms. The van der Waals surface area contributed by atoms with Crippen molar-refractivity contribution in [3.8, 4) is 0 Å². The molecule has 0 saturated heterocycles. The summed E-state index contributed by atoms with van der Waals surface area (Å²) < 4.78 is 4.68. The lowest BCUT2D eigenvalue weighted by Gasteiger charge is -2.23. The summed E-state index contributed by atoms with van der Waals surface area (Å²) in [6, 6.07) is -0.608. The van der Waals surface area contributed by atoms with Crippen LogP contribution in [0.2, 0.25) is 0 Å². The van der Waals surface area contributed by atoms with Crippen molar-refractivity contribution in [1.29, 1.82) is 0 Å². The van der Waals surface area contributed by atoms with Gasteiger partial charge in [-0.3, -0.25) is 4.79 Å². The number of methoxy groups -OCH3 is 1. The first kappa shape index (κ1) is 16.9. The minimum atomic E-state index is -0.608. The number of ether oxygens (including phenoxy) is 1. The fourth-order valence-electron chi connectivity index (χ4n) is 1.78. The van der Waals surface area contributed by atoms with Crippen LogP contribution in [0.5, 0.6) is 0 Å². The van der Waals surface area contributed by atoms with E-state index < -0.39 is 12.0 Å². The molecule has 2 unspecified atom stereocenters. The van der Waals surface area contributed by atoms with Crippen molar-refractivity contribution in [1.82, 2.24) is 5.32 Å². The monoisotopic (exact) mass is 258 g/mol. The van der Waals surface area contributed by atoms with Gasteiger partial charge in [0.1, 0.15) is 6.04 Å². The smallest absolute Gasteiger partial charge is 0.328 e. The van der Waals surface area contributed by atoms with Crippen LogP contribution in [0, 0.1) is 17.8 Å². The molecule has 0 aromatic carbocycles. The molecule has 0 bridgehead atoms. The summed E-state index contributed by atoms with van der Waals surface area (Å²) in [5, 5.41) is 2.73. The van der Waals surface area contributed by atoms with Gasteiger partial charge in [-0.1, -0.05) is 27.7 Å². The van der Waals surface area contributed by atoms with E-state index in [1.54, 1.807) is 0 Å². The Kier molecular flexibility index (Phi) is 7.59. The minimum absolute atomic E-state index is 0.0149. The fraction of sp³-hybridized carbons (Fsp3) is 0.846. The maximum absolute atomic E-state index is 12.0. The summed E-state index contributed by atoms with van der Waals surface area (Å²) >= 11 is 0. The molecule has 0 rings (SSSR count). The van der Waals surface area contributed by atoms with E-state index in [2.05, 4.69) is 10.1 Å². The SMILES string of the molecule is COC(=O)C(NC(=O)C(CN)CC(C)C)C(C)C. The molecule has 0 aromatic heterocycles. The molecule has 0 aliphatic heterocycles. The Morgan fingerprint density at radius 1 is 1.22 bits per heavy atom. The van der Waals surface area contributed by atoms with Crippen LogP contribution in [0.25, 0.3) is 0 Å². The van der Waals surface area contributed by atoms with E-state index in [0.29, 0.717) is 12.3 Å². The Bertz CT molecular complexity index is 277. The third kappa shape index (κ3) is 5.49. The summed E-state index contributed by atoms with van der Waals surface area (Å²) in [6.07, 6.45) is 0.717. The summed E-state index contributed by atoms with van der Waals surface area (Å²) in [5.41, 5.74) is 5.61. The highest BCUT2D eigenvalue weighted by molar-refractivity contribution is 5.86. The molecule has 0 fully saturated rings. The van der Waals surface area contributed by atoms with Crippen LogP contribution in [0.4, 0.5) is 0 Å². The molecule has 5 nitrogen and oxygen atoms in total. The highest BCUT2D eigenvalue weighted by Crippen LogP contribution is 2.12. The van der Waals surface area contributed by atoms with Gasteiger partial charge in [-0.05, 0) is 18.3 Å². The number of rotatable bonds is 7. The number of amides is 1. The number of carbonyl (C=O) groups excluding carboxylic acids is 2. The molecule has 0 aromatic rings. The van der Waals surface area contributed by atoms with E-state index >= 15 is 0 Å². The van der Waals surface area contributed by atoms with E-state index in [-0.39, 0.29) is 24.3 Å². The van der Waals surface area contributed by atoms with E-state index in [1.165, 1.54) is 7.11 Å². The number of hydrogen-bond acceptors (Lipinski definition) is 4. The Labute approximate surface area is 109 Å². The molecule has 3 N–H and O–H groups in total. The molecular weight excluding hydrogens is 232 g/mol. The van der Waals surface area contributed by atoms with Gasteiger partial charge in [0, 0.05) is 6.54 Å². The predicted molar refractivity (Wildman–Crippen MR) is 70.8 cm³/mol. The lowest BCUT2D eigenvalue weighted by molar-refractivity contribution is -0.147. The van der Waals surface area contributed by atoms with Crippen molar-refractivity contribution in [3.05, 3.63) is 0 Å². The van der Waals surface area contributed by atoms with E-state index in [4.69, 9.17) is 5.73 Å². The predicted octanol–water partition coefficient (Wildman–Crippen LogP) is 0.921. The average molecular weight is 258 g/mol. The van der Waals surface area contributed by atoms with Gasteiger partial charge in [0.25, 0.3) is 0 Å². The van der Waals surface area contributed by atoms with Crippen molar-refractivity contribution in [2.24, 2.45) is 23.5 Å². The van der Waals surface area contributed by atoms with Crippen LogP contribution in [-0.4, -0.2) is 31.6 Å². The Balaban J connectivity index is 4.61. The molecule has 0 radical (unpaired) electrons.